The zero-order chi connectivity index (χ0) is 16.9. The van der Waals surface area contributed by atoms with Gasteiger partial charge in [-0.25, -0.2) is 0 Å². The van der Waals surface area contributed by atoms with Gasteiger partial charge in [-0.05, 0) is 31.2 Å². The first-order valence-electron chi connectivity index (χ1n) is 7.57. The summed E-state index contributed by atoms with van der Waals surface area (Å²) >= 11 is 0. The maximum Gasteiger partial charge on any atom is 0.251 e. The number of fused-ring (bicyclic) bond motifs is 1. The van der Waals surface area contributed by atoms with Crippen molar-refractivity contribution in [2.45, 2.75) is 19.5 Å². The SMILES string of the molecule is CC(NC(=O)c1ccccc1)C(=O)NCc1nnc2ccccn12. The molecule has 1 aromatic carbocycles. The number of nitrogens with one attached hydrogen (secondary N) is 2. The van der Waals surface area contributed by atoms with Crippen LogP contribution in [0, 0.1) is 0 Å². The van der Waals surface area contributed by atoms with Crippen molar-refractivity contribution in [3.8, 4) is 0 Å². The fourth-order valence-corrected chi connectivity index (χ4v) is 2.27. The predicted octanol–water partition coefficient (Wildman–Crippen LogP) is 1.16. The standard InChI is InChI=1S/C17H17N5O2/c1-12(19-17(24)13-7-3-2-4-8-13)16(23)18-11-15-21-20-14-9-5-6-10-22(14)15/h2-10,12H,11H2,1H3,(H,18,23)(H,19,24). The van der Waals surface area contributed by atoms with Gasteiger partial charge in [-0.3, -0.25) is 14.0 Å². The van der Waals surface area contributed by atoms with E-state index in [1.54, 1.807) is 35.6 Å². The molecule has 0 spiro atoms. The van der Waals surface area contributed by atoms with E-state index in [1.165, 1.54) is 0 Å². The van der Waals surface area contributed by atoms with Crippen LogP contribution in [0.5, 0.6) is 0 Å². The Bertz CT molecular complexity index is 860. The van der Waals surface area contributed by atoms with E-state index >= 15 is 0 Å². The van der Waals surface area contributed by atoms with Crippen LogP contribution in [0.25, 0.3) is 5.65 Å². The van der Waals surface area contributed by atoms with Gasteiger partial charge in [-0.15, -0.1) is 10.2 Å². The number of carbonyl (C=O) groups is 2. The van der Waals surface area contributed by atoms with Gasteiger partial charge in [0.1, 0.15) is 6.04 Å². The van der Waals surface area contributed by atoms with Crippen molar-refractivity contribution in [2.24, 2.45) is 0 Å². The molecule has 24 heavy (non-hydrogen) atoms. The second kappa shape index (κ2) is 6.91. The van der Waals surface area contributed by atoms with E-state index in [1.807, 2.05) is 30.5 Å². The highest BCUT2D eigenvalue weighted by molar-refractivity contribution is 5.97. The monoisotopic (exact) mass is 323 g/mol. The van der Waals surface area contributed by atoms with Crippen LogP contribution in [0.3, 0.4) is 0 Å². The molecule has 0 aliphatic carbocycles. The molecule has 2 amide bonds. The van der Waals surface area contributed by atoms with E-state index in [-0.39, 0.29) is 18.4 Å². The molecule has 3 aromatic rings. The van der Waals surface area contributed by atoms with Gasteiger partial charge in [0.25, 0.3) is 5.91 Å². The van der Waals surface area contributed by atoms with E-state index in [4.69, 9.17) is 0 Å². The van der Waals surface area contributed by atoms with E-state index in [0.717, 1.165) is 0 Å². The molecule has 0 radical (unpaired) electrons. The first-order valence-corrected chi connectivity index (χ1v) is 7.57. The second-order valence-corrected chi connectivity index (χ2v) is 5.32. The normalized spacial score (nSPS) is 11.9. The van der Waals surface area contributed by atoms with E-state index in [0.29, 0.717) is 17.0 Å². The number of rotatable bonds is 5. The van der Waals surface area contributed by atoms with Crippen LogP contribution in [0.15, 0.2) is 54.7 Å². The minimum atomic E-state index is -0.656. The molecule has 7 nitrogen and oxygen atoms in total. The van der Waals surface area contributed by atoms with Gasteiger partial charge in [0, 0.05) is 11.8 Å². The van der Waals surface area contributed by atoms with Crippen molar-refractivity contribution in [3.05, 3.63) is 66.1 Å². The summed E-state index contributed by atoms with van der Waals surface area (Å²) in [5.74, 6) is 0.0543. The second-order valence-electron chi connectivity index (χ2n) is 5.32. The number of amides is 2. The maximum absolute atomic E-state index is 12.2. The molecule has 0 saturated heterocycles. The van der Waals surface area contributed by atoms with Gasteiger partial charge in [0.2, 0.25) is 5.91 Å². The van der Waals surface area contributed by atoms with Crippen molar-refractivity contribution >= 4 is 17.5 Å². The molecule has 0 aliphatic heterocycles. The molecule has 1 unspecified atom stereocenters. The Labute approximate surface area is 138 Å². The molecule has 7 heteroatoms. The molecular weight excluding hydrogens is 306 g/mol. The zero-order valence-electron chi connectivity index (χ0n) is 13.1. The average molecular weight is 323 g/mol. The number of carbonyl (C=O) groups excluding carboxylic acids is 2. The number of nitrogens with zero attached hydrogens (tertiary/aromatic N) is 3. The Hall–Kier alpha value is -3.22. The predicted molar refractivity (Wildman–Crippen MR) is 88.2 cm³/mol. The first-order chi connectivity index (χ1) is 11.6. The van der Waals surface area contributed by atoms with Crippen LogP contribution in [0.1, 0.15) is 23.1 Å². The van der Waals surface area contributed by atoms with Gasteiger partial charge < -0.3 is 10.6 Å². The van der Waals surface area contributed by atoms with E-state index in [2.05, 4.69) is 20.8 Å². The highest BCUT2D eigenvalue weighted by atomic mass is 16.2. The lowest BCUT2D eigenvalue weighted by Gasteiger charge is -2.13. The largest absolute Gasteiger partial charge is 0.347 e. The first kappa shape index (κ1) is 15.7. The number of hydrogen-bond acceptors (Lipinski definition) is 4. The van der Waals surface area contributed by atoms with Gasteiger partial charge in [0.05, 0.1) is 6.54 Å². The van der Waals surface area contributed by atoms with Crippen molar-refractivity contribution in [3.63, 3.8) is 0 Å². The average Bonchev–Trinajstić information content (AvgIpc) is 3.03. The summed E-state index contributed by atoms with van der Waals surface area (Å²) in [7, 11) is 0. The Morgan fingerprint density at radius 2 is 1.83 bits per heavy atom. The molecule has 2 heterocycles. The molecule has 122 valence electrons. The lowest BCUT2D eigenvalue weighted by atomic mass is 10.2. The highest BCUT2D eigenvalue weighted by Crippen LogP contribution is 2.03. The smallest absolute Gasteiger partial charge is 0.251 e. The molecule has 0 fully saturated rings. The molecule has 1 atom stereocenters. The molecular formula is C17H17N5O2. The van der Waals surface area contributed by atoms with Gasteiger partial charge in [-0.1, -0.05) is 24.3 Å². The van der Waals surface area contributed by atoms with Crippen molar-refractivity contribution < 1.29 is 9.59 Å². The Balaban J connectivity index is 1.57. The Kier molecular flexibility index (Phi) is 4.51. The van der Waals surface area contributed by atoms with Crippen molar-refractivity contribution in [1.29, 1.82) is 0 Å². The third kappa shape index (κ3) is 3.40. The minimum Gasteiger partial charge on any atom is -0.347 e. The Morgan fingerprint density at radius 3 is 2.62 bits per heavy atom. The van der Waals surface area contributed by atoms with Crippen LogP contribution in [0.4, 0.5) is 0 Å². The summed E-state index contributed by atoms with van der Waals surface area (Å²) in [6.45, 7) is 1.87. The summed E-state index contributed by atoms with van der Waals surface area (Å²) in [5.41, 5.74) is 1.23. The number of aromatic nitrogens is 3. The fourth-order valence-electron chi connectivity index (χ4n) is 2.27. The lowest BCUT2D eigenvalue weighted by Crippen LogP contribution is -2.44. The highest BCUT2D eigenvalue weighted by Gasteiger charge is 2.17. The maximum atomic E-state index is 12.2. The van der Waals surface area contributed by atoms with Gasteiger partial charge in [0.15, 0.2) is 11.5 Å². The molecule has 3 rings (SSSR count). The lowest BCUT2D eigenvalue weighted by molar-refractivity contribution is -0.122. The summed E-state index contributed by atoms with van der Waals surface area (Å²) < 4.78 is 1.80. The van der Waals surface area contributed by atoms with E-state index in [9.17, 15) is 9.59 Å². The van der Waals surface area contributed by atoms with Crippen LogP contribution < -0.4 is 10.6 Å². The summed E-state index contributed by atoms with van der Waals surface area (Å²) in [5, 5.41) is 13.5. The zero-order valence-corrected chi connectivity index (χ0v) is 13.1. The van der Waals surface area contributed by atoms with Crippen LogP contribution in [-0.4, -0.2) is 32.5 Å². The number of benzene rings is 1. The summed E-state index contributed by atoms with van der Waals surface area (Å²) in [6, 6.07) is 13.7. The van der Waals surface area contributed by atoms with Crippen LogP contribution >= 0.6 is 0 Å². The van der Waals surface area contributed by atoms with Crippen LogP contribution in [-0.2, 0) is 11.3 Å². The summed E-state index contributed by atoms with van der Waals surface area (Å²) in [6.07, 6.45) is 1.83. The summed E-state index contributed by atoms with van der Waals surface area (Å²) in [4.78, 5) is 24.2. The number of pyridine rings is 1. The third-order valence-corrected chi connectivity index (χ3v) is 3.58. The van der Waals surface area contributed by atoms with Crippen LogP contribution in [0.2, 0.25) is 0 Å². The molecule has 2 N–H and O–H groups in total. The topological polar surface area (TPSA) is 88.4 Å². The fraction of sp³-hybridized carbons (Fsp3) is 0.176. The molecule has 2 aromatic heterocycles. The van der Waals surface area contributed by atoms with Crippen molar-refractivity contribution in [2.75, 3.05) is 0 Å². The van der Waals surface area contributed by atoms with Gasteiger partial charge in [-0.2, -0.15) is 0 Å². The quantitative estimate of drug-likeness (QED) is 0.737. The minimum absolute atomic E-state index is 0.232. The molecule has 0 bridgehead atoms. The third-order valence-electron chi connectivity index (χ3n) is 3.58. The van der Waals surface area contributed by atoms with E-state index < -0.39 is 6.04 Å². The number of hydrogen-bond donors (Lipinski definition) is 2. The molecule has 0 aliphatic rings. The van der Waals surface area contributed by atoms with Crippen molar-refractivity contribution in [1.82, 2.24) is 25.2 Å². The molecule has 0 saturated carbocycles. The van der Waals surface area contributed by atoms with Gasteiger partial charge >= 0.3 is 0 Å². The Morgan fingerprint density at radius 1 is 1.08 bits per heavy atom.